The maximum Gasteiger partial charge on any atom is 0.335 e. The zero-order valence-corrected chi connectivity index (χ0v) is 27.2. The Kier molecular flexibility index (Phi) is 8.20. The van der Waals surface area contributed by atoms with Crippen LogP contribution in [0.1, 0.15) is 58.1 Å². The largest absolute Gasteiger partial charge is 0.488 e. The lowest BCUT2D eigenvalue weighted by Crippen LogP contribution is -2.54. The number of carbonyl (C=O) groups excluding carboxylic acids is 3. The Labute approximate surface area is 289 Å². The highest BCUT2D eigenvalue weighted by molar-refractivity contribution is 6.39. The van der Waals surface area contributed by atoms with E-state index < -0.39 is 17.8 Å². The van der Waals surface area contributed by atoms with Gasteiger partial charge in [-0.25, -0.2) is 14.1 Å². The third-order valence-electron chi connectivity index (χ3n) is 9.89. The van der Waals surface area contributed by atoms with Crippen molar-refractivity contribution in [2.75, 3.05) is 22.9 Å². The van der Waals surface area contributed by atoms with E-state index in [0.717, 1.165) is 53.2 Å². The minimum Gasteiger partial charge on any atom is -0.488 e. The van der Waals surface area contributed by atoms with Crippen molar-refractivity contribution in [1.82, 2.24) is 5.32 Å². The number of benzene rings is 5. The van der Waals surface area contributed by atoms with Gasteiger partial charge in [0.25, 0.3) is 11.8 Å². The molecule has 0 aliphatic carbocycles. The number of amides is 4. The Morgan fingerprint density at radius 1 is 0.740 bits per heavy atom. The van der Waals surface area contributed by atoms with Crippen molar-refractivity contribution in [3.05, 3.63) is 166 Å². The average Bonchev–Trinajstić information content (AvgIpc) is 3.14. The second-order valence-electron chi connectivity index (χ2n) is 12.9. The summed E-state index contributed by atoms with van der Waals surface area (Å²) in [5.41, 5.74) is 7.14. The van der Waals surface area contributed by atoms with Crippen molar-refractivity contribution >= 4 is 35.3 Å². The SMILES string of the molecule is O=C1NC(=O)N(c2cc3c4c(c2)[C@@H](c2ccccc2)CCN4CC[C@@H]3c2ccccc2)C(=O)/C1=C/c1ccccc1OCc1ccc(F)cc1. The number of halogens is 1. The molecule has 1 fully saturated rings. The summed E-state index contributed by atoms with van der Waals surface area (Å²) >= 11 is 0. The molecule has 5 aromatic rings. The highest BCUT2D eigenvalue weighted by Gasteiger charge is 2.40. The van der Waals surface area contributed by atoms with Crippen LogP contribution in [0.2, 0.25) is 0 Å². The second-order valence-corrected chi connectivity index (χ2v) is 12.9. The molecule has 4 amide bonds. The highest BCUT2D eigenvalue weighted by atomic mass is 19.1. The summed E-state index contributed by atoms with van der Waals surface area (Å²) in [7, 11) is 0. The van der Waals surface area contributed by atoms with Gasteiger partial charge in [0.15, 0.2) is 0 Å². The molecule has 0 unspecified atom stereocenters. The Morgan fingerprint density at radius 2 is 1.32 bits per heavy atom. The molecular weight excluding hydrogens is 629 g/mol. The number of ether oxygens (including phenoxy) is 1. The van der Waals surface area contributed by atoms with Gasteiger partial charge < -0.3 is 9.64 Å². The monoisotopic (exact) mass is 663 g/mol. The minimum absolute atomic E-state index is 0.0698. The molecule has 2 atom stereocenters. The standard InChI is InChI=1S/C42H34FN3O4/c43-31-17-15-27(16-18-31)26-50-38-14-8-7-13-30(38)23-37-40(47)44-42(49)46(41(37)48)32-24-35-33(28-9-3-1-4-10-28)19-21-45-22-20-34(36(25-32)39(35)45)29-11-5-2-6-12-29/h1-18,23-25,33-34H,19-22,26H2,(H,44,47,49)/b37-23+/t33-,34-/m1/s1. The smallest absolute Gasteiger partial charge is 0.335 e. The van der Waals surface area contributed by atoms with Crippen LogP contribution >= 0.6 is 0 Å². The normalized spacial score (nSPS) is 19.3. The summed E-state index contributed by atoms with van der Waals surface area (Å²) in [5.74, 6) is -1.26. The lowest BCUT2D eigenvalue weighted by Gasteiger charge is -2.44. The zero-order chi connectivity index (χ0) is 34.2. The van der Waals surface area contributed by atoms with Crippen molar-refractivity contribution in [3.8, 4) is 5.75 Å². The molecule has 3 aliphatic rings. The average molecular weight is 664 g/mol. The van der Waals surface area contributed by atoms with E-state index in [2.05, 4.69) is 34.5 Å². The molecule has 0 bridgehead atoms. The number of para-hydroxylation sites is 1. The van der Waals surface area contributed by atoms with Crippen molar-refractivity contribution in [2.45, 2.75) is 31.3 Å². The summed E-state index contributed by atoms with van der Waals surface area (Å²) in [5, 5.41) is 2.41. The molecule has 0 aromatic heterocycles. The van der Waals surface area contributed by atoms with Crippen molar-refractivity contribution < 1.29 is 23.5 Å². The second kappa shape index (κ2) is 13.1. The van der Waals surface area contributed by atoms with Crippen molar-refractivity contribution in [1.29, 1.82) is 0 Å². The quantitative estimate of drug-likeness (QED) is 0.141. The molecule has 8 rings (SSSR count). The first-order valence-electron chi connectivity index (χ1n) is 16.8. The maximum atomic E-state index is 14.3. The highest BCUT2D eigenvalue weighted by Crippen LogP contribution is 2.50. The molecule has 0 radical (unpaired) electrons. The number of carbonyl (C=O) groups is 3. The number of urea groups is 1. The Morgan fingerprint density at radius 3 is 1.94 bits per heavy atom. The lowest BCUT2D eigenvalue weighted by molar-refractivity contribution is -0.122. The summed E-state index contributed by atoms with van der Waals surface area (Å²) in [6.07, 6.45) is 3.25. The first-order chi connectivity index (χ1) is 24.4. The molecule has 50 heavy (non-hydrogen) atoms. The Bertz CT molecular complexity index is 2060. The summed E-state index contributed by atoms with van der Waals surface area (Å²) in [6.45, 7) is 1.98. The molecule has 0 saturated carbocycles. The number of barbiturate groups is 1. The molecule has 1 saturated heterocycles. The number of imide groups is 2. The van der Waals surface area contributed by atoms with Crippen LogP contribution in [0, 0.1) is 5.82 Å². The van der Waals surface area contributed by atoms with Gasteiger partial charge in [0, 0.05) is 36.2 Å². The minimum atomic E-state index is -0.791. The van der Waals surface area contributed by atoms with Crippen LogP contribution in [0.3, 0.4) is 0 Å². The number of nitrogens with zero attached hydrogens (tertiary/aromatic N) is 2. The molecule has 1 N–H and O–H groups in total. The summed E-state index contributed by atoms with van der Waals surface area (Å²) < 4.78 is 19.4. The molecule has 3 heterocycles. The predicted octanol–water partition coefficient (Wildman–Crippen LogP) is 7.95. The van der Waals surface area contributed by atoms with Gasteiger partial charge in [-0.1, -0.05) is 91.0 Å². The Hall–Kier alpha value is -6.02. The van der Waals surface area contributed by atoms with Crippen LogP contribution in [0.4, 0.5) is 20.6 Å². The van der Waals surface area contributed by atoms with Crippen LogP contribution in [-0.2, 0) is 16.2 Å². The van der Waals surface area contributed by atoms with Crippen LogP contribution in [0.5, 0.6) is 5.75 Å². The molecule has 5 aromatic carbocycles. The van der Waals surface area contributed by atoms with Crippen LogP contribution in [-0.4, -0.2) is 30.9 Å². The van der Waals surface area contributed by atoms with Crippen molar-refractivity contribution in [3.63, 3.8) is 0 Å². The van der Waals surface area contributed by atoms with E-state index in [1.54, 1.807) is 36.4 Å². The lowest BCUT2D eigenvalue weighted by atomic mass is 9.76. The fourth-order valence-electron chi connectivity index (χ4n) is 7.49. The maximum absolute atomic E-state index is 14.3. The molecule has 8 heteroatoms. The van der Waals surface area contributed by atoms with E-state index in [9.17, 15) is 18.8 Å². The topological polar surface area (TPSA) is 79.0 Å². The van der Waals surface area contributed by atoms with Gasteiger partial charge in [-0.05, 0) is 77.1 Å². The fourth-order valence-corrected chi connectivity index (χ4v) is 7.49. The van der Waals surface area contributed by atoms with E-state index >= 15 is 0 Å². The predicted molar refractivity (Wildman–Crippen MR) is 191 cm³/mol. The van der Waals surface area contributed by atoms with E-state index in [-0.39, 0.29) is 29.8 Å². The molecule has 0 spiro atoms. The number of nitrogens with one attached hydrogen (secondary N) is 1. The molecule has 248 valence electrons. The number of hydrogen-bond donors (Lipinski definition) is 1. The summed E-state index contributed by atoms with van der Waals surface area (Å²) in [6, 6.07) is 36.8. The molecule has 3 aliphatic heterocycles. The van der Waals surface area contributed by atoms with Gasteiger partial charge in [-0.2, -0.15) is 0 Å². The fraction of sp³-hybridized carbons (Fsp3) is 0.167. The van der Waals surface area contributed by atoms with E-state index in [1.807, 2.05) is 48.5 Å². The number of rotatable bonds is 7. The third kappa shape index (κ3) is 5.83. The third-order valence-corrected chi connectivity index (χ3v) is 9.89. The zero-order valence-electron chi connectivity index (χ0n) is 27.2. The van der Waals surface area contributed by atoms with Gasteiger partial charge in [0.1, 0.15) is 23.7 Å². The molecule has 7 nitrogen and oxygen atoms in total. The van der Waals surface area contributed by atoms with Gasteiger partial charge >= 0.3 is 6.03 Å². The van der Waals surface area contributed by atoms with E-state index in [0.29, 0.717) is 17.0 Å². The van der Waals surface area contributed by atoms with Crippen LogP contribution in [0.15, 0.2) is 127 Å². The molecular formula is C42H34FN3O4. The summed E-state index contributed by atoms with van der Waals surface area (Å²) in [4.78, 5) is 44.7. The van der Waals surface area contributed by atoms with Gasteiger partial charge in [-0.15, -0.1) is 0 Å². The van der Waals surface area contributed by atoms with Gasteiger partial charge in [0.2, 0.25) is 0 Å². The van der Waals surface area contributed by atoms with Gasteiger partial charge in [-0.3, -0.25) is 14.9 Å². The van der Waals surface area contributed by atoms with Crippen molar-refractivity contribution in [2.24, 2.45) is 0 Å². The van der Waals surface area contributed by atoms with Crippen LogP contribution in [0.25, 0.3) is 6.08 Å². The first kappa shape index (κ1) is 31.3. The number of anilines is 2. The van der Waals surface area contributed by atoms with E-state index in [4.69, 9.17) is 4.74 Å². The van der Waals surface area contributed by atoms with Crippen LogP contribution < -0.4 is 19.9 Å². The van der Waals surface area contributed by atoms with Gasteiger partial charge in [0.05, 0.1) is 5.69 Å². The van der Waals surface area contributed by atoms with E-state index in [1.165, 1.54) is 29.3 Å². The number of hydrogen-bond acceptors (Lipinski definition) is 5. The first-order valence-corrected chi connectivity index (χ1v) is 16.8. The Balaban J connectivity index is 1.20.